The van der Waals surface area contributed by atoms with Crippen molar-refractivity contribution < 1.29 is 0 Å². The van der Waals surface area contributed by atoms with Crippen LogP contribution in [0.1, 0.15) is 38.2 Å². The van der Waals surface area contributed by atoms with Gasteiger partial charge in [0.05, 0.1) is 11.4 Å². The van der Waals surface area contributed by atoms with Crippen LogP contribution < -0.4 is 11.1 Å². The summed E-state index contributed by atoms with van der Waals surface area (Å²) in [5, 5.41) is 3.52. The highest BCUT2D eigenvalue weighted by molar-refractivity contribution is 5.66. The number of nitrogens with one attached hydrogen (secondary N) is 1. The summed E-state index contributed by atoms with van der Waals surface area (Å²) in [6.45, 7) is 5.54. The molecule has 1 aliphatic rings. The second-order valence-corrected chi connectivity index (χ2v) is 5.61. The first-order chi connectivity index (χ1) is 8.15. The monoisotopic (exact) mass is 232 g/mol. The molecule has 1 saturated carbocycles. The van der Waals surface area contributed by atoms with Crippen molar-refractivity contribution in [2.24, 2.45) is 11.8 Å². The minimum atomic E-state index is 0.818. The zero-order valence-corrected chi connectivity index (χ0v) is 11.0. The maximum absolute atomic E-state index is 5.97. The van der Waals surface area contributed by atoms with Gasteiger partial charge in [0.15, 0.2) is 0 Å². The molecule has 0 radical (unpaired) electrons. The predicted molar refractivity (Wildman–Crippen MR) is 75.2 cm³/mol. The van der Waals surface area contributed by atoms with Crippen molar-refractivity contribution in [3.05, 3.63) is 23.8 Å². The van der Waals surface area contributed by atoms with Crippen molar-refractivity contribution in [3.8, 4) is 0 Å². The van der Waals surface area contributed by atoms with Crippen molar-refractivity contribution >= 4 is 11.4 Å². The summed E-state index contributed by atoms with van der Waals surface area (Å²) in [6, 6.07) is 6.19. The van der Waals surface area contributed by atoms with Gasteiger partial charge in [-0.25, -0.2) is 0 Å². The SMILES string of the molecule is Cc1ccc(N)c(NCC2CCCC(C)C2)c1. The van der Waals surface area contributed by atoms with Gasteiger partial charge < -0.3 is 11.1 Å². The molecule has 0 bridgehead atoms. The van der Waals surface area contributed by atoms with E-state index in [1.165, 1.54) is 31.2 Å². The van der Waals surface area contributed by atoms with Gasteiger partial charge in [-0.15, -0.1) is 0 Å². The van der Waals surface area contributed by atoms with E-state index in [9.17, 15) is 0 Å². The molecule has 0 heterocycles. The first kappa shape index (κ1) is 12.3. The minimum absolute atomic E-state index is 0.818. The van der Waals surface area contributed by atoms with Gasteiger partial charge in [-0.05, 0) is 49.3 Å². The molecule has 0 aromatic heterocycles. The lowest BCUT2D eigenvalue weighted by Gasteiger charge is -2.27. The maximum atomic E-state index is 5.97. The molecular weight excluding hydrogens is 208 g/mol. The summed E-state index contributed by atoms with van der Waals surface area (Å²) >= 11 is 0. The fourth-order valence-electron chi connectivity index (χ4n) is 2.82. The summed E-state index contributed by atoms with van der Waals surface area (Å²) in [5.41, 5.74) is 9.19. The van der Waals surface area contributed by atoms with E-state index in [1.54, 1.807) is 0 Å². The Labute approximate surface area is 105 Å². The van der Waals surface area contributed by atoms with Crippen LogP contribution in [0, 0.1) is 18.8 Å². The van der Waals surface area contributed by atoms with E-state index < -0.39 is 0 Å². The molecule has 2 nitrogen and oxygen atoms in total. The second-order valence-electron chi connectivity index (χ2n) is 5.61. The van der Waals surface area contributed by atoms with Crippen LogP contribution in [0.5, 0.6) is 0 Å². The number of anilines is 2. The normalized spacial score (nSPS) is 24.6. The molecule has 0 aliphatic heterocycles. The van der Waals surface area contributed by atoms with Gasteiger partial charge in [-0.3, -0.25) is 0 Å². The Morgan fingerprint density at radius 3 is 2.94 bits per heavy atom. The first-order valence-corrected chi connectivity index (χ1v) is 6.75. The highest BCUT2D eigenvalue weighted by atomic mass is 14.9. The number of rotatable bonds is 3. The molecule has 0 spiro atoms. The van der Waals surface area contributed by atoms with Crippen LogP contribution in [0.4, 0.5) is 11.4 Å². The van der Waals surface area contributed by atoms with Crippen LogP contribution in [0.2, 0.25) is 0 Å². The van der Waals surface area contributed by atoms with Crippen molar-refractivity contribution in [1.29, 1.82) is 0 Å². The molecule has 0 amide bonds. The Kier molecular flexibility index (Phi) is 3.93. The third-order valence-electron chi connectivity index (χ3n) is 3.83. The van der Waals surface area contributed by atoms with Crippen molar-refractivity contribution in [2.75, 3.05) is 17.6 Å². The zero-order valence-electron chi connectivity index (χ0n) is 11.0. The Balaban J connectivity index is 1.90. The van der Waals surface area contributed by atoms with Gasteiger partial charge in [0.25, 0.3) is 0 Å². The van der Waals surface area contributed by atoms with E-state index >= 15 is 0 Å². The van der Waals surface area contributed by atoms with E-state index in [4.69, 9.17) is 5.73 Å². The molecule has 17 heavy (non-hydrogen) atoms. The molecule has 3 N–H and O–H groups in total. The Hall–Kier alpha value is -1.18. The fraction of sp³-hybridized carbons (Fsp3) is 0.600. The highest BCUT2D eigenvalue weighted by Gasteiger charge is 2.18. The van der Waals surface area contributed by atoms with E-state index in [0.29, 0.717) is 0 Å². The van der Waals surface area contributed by atoms with Crippen LogP contribution >= 0.6 is 0 Å². The lowest BCUT2D eigenvalue weighted by Crippen LogP contribution is -2.21. The maximum Gasteiger partial charge on any atom is 0.0576 e. The summed E-state index contributed by atoms with van der Waals surface area (Å²) in [5.74, 6) is 1.71. The molecule has 1 aliphatic carbocycles. The van der Waals surface area contributed by atoms with Gasteiger partial charge in [0.1, 0.15) is 0 Å². The number of nitrogen functional groups attached to an aromatic ring is 1. The van der Waals surface area contributed by atoms with Crippen molar-refractivity contribution in [2.45, 2.75) is 39.5 Å². The van der Waals surface area contributed by atoms with Crippen LogP contribution in [0.25, 0.3) is 0 Å². The summed E-state index contributed by atoms with van der Waals surface area (Å²) in [4.78, 5) is 0. The molecule has 1 fully saturated rings. The van der Waals surface area contributed by atoms with E-state index in [2.05, 4.69) is 31.3 Å². The van der Waals surface area contributed by atoms with Crippen LogP contribution in [0.3, 0.4) is 0 Å². The van der Waals surface area contributed by atoms with Gasteiger partial charge in [0.2, 0.25) is 0 Å². The number of hydrogen-bond acceptors (Lipinski definition) is 2. The molecule has 1 aromatic rings. The largest absolute Gasteiger partial charge is 0.397 e. The summed E-state index contributed by atoms with van der Waals surface area (Å²) in [6.07, 6.45) is 5.52. The average molecular weight is 232 g/mol. The van der Waals surface area contributed by atoms with Crippen molar-refractivity contribution in [3.63, 3.8) is 0 Å². The van der Waals surface area contributed by atoms with E-state index in [-0.39, 0.29) is 0 Å². The van der Waals surface area contributed by atoms with Gasteiger partial charge in [-0.1, -0.05) is 25.8 Å². The Morgan fingerprint density at radius 2 is 2.18 bits per heavy atom. The Morgan fingerprint density at radius 1 is 1.35 bits per heavy atom. The zero-order chi connectivity index (χ0) is 12.3. The van der Waals surface area contributed by atoms with Gasteiger partial charge >= 0.3 is 0 Å². The molecule has 2 atom stereocenters. The number of hydrogen-bond donors (Lipinski definition) is 2. The summed E-state index contributed by atoms with van der Waals surface area (Å²) < 4.78 is 0. The first-order valence-electron chi connectivity index (χ1n) is 6.75. The molecular formula is C15H24N2. The topological polar surface area (TPSA) is 38.0 Å². The fourth-order valence-corrected chi connectivity index (χ4v) is 2.82. The Bertz CT molecular complexity index is 373. The van der Waals surface area contributed by atoms with Gasteiger partial charge in [0, 0.05) is 6.54 Å². The molecule has 1 aromatic carbocycles. The average Bonchev–Trinajstić information content (AvgIpc) is 2.30. The number of benzene rings is 1. The smallest absolute Gasteiger partial charge is 0.0576 e. The predicted octanol–water partition coefficient (Wildman–Crippen LogP) is 3.82. The third-order valence-corrected chi connectivity index (χ3v) is 3.83. The quantitative estimate of drug-likeness (QED) is 0.778. The van der Waals surface area contributed by atoms with E-state index in [0.717, 1.165) is 29.8 Å². The lowest BCUT2D eigenvalue weighted by atomic mass is 9.82. The number of nitrogens with two attached hydrogens (primary N) is 1. The lowest BCUT2D eigenvalue weighted by molar-refractivity contribution is 0.293. The minimum Gasteiger partial charge on any atom is -0.397 e. The van der Waals surface area contributed by atoms with Crippen molar-refractivity contribution in [1.82, 2.24) is 0 Å². The van der Waals surface area contributed by atoms with E-state index in [1.807, 2.05) is 6.07 Å². The van der Waals surface area contributed by atoms with Crippen LogP contribution in [-0.4, -0.2) is 6.54 Å². The molecule has 94 valence electrons. The van der Waals surface area contributed by atoms with Crippen LogP contribution in [-0.2, 0) is 0 Å². The van der Waals surface area contributed by atoms with Crippen LogP contribution in [0.15, 0.2) is 18.2 Å². The molecule has 2 heteroatoms. The molecule has 2 rings (SSSR count). The highest BCUT2D eigenvalue weighted by Crippen LogP contribution is 2.29. The van der Waals surface area contributed by atoms with Gasteiger partial charge in [-0.2, -0.15) is 0 Å². The molecule has 0 saturated heterocycles. The molecule has 2 unspecified atom stereocenters. The number of aryl methyl sites for hydroxylation is 1. The standard InChI is InChI=1S/C15H24N2/c1-11-4-3-5-13(8-11)10-17-15-9-12(2)6-7-14(15)16/h6-7,9,11,13,17H,3-5,8,10,16H2,1-2H3. The second kappa shape index (κ2) is 5.44. The third kappa shape index (κ3) is 3.39. The summed E-state index contributed by atoms with van der Waals surface area (Å²) in [7, 11) is 0.